The highest BCUT2D eigenvalue weighted by atomic mass is 35.5. The number of carbonyl (C=O) groups is 11. The van der Waals surface area contributed by atoms with Crippen LogP contribution < -0.4 is 84.4 Å². The fraction of sp³-hybridized carbons (Fsp3) is 0.369. The lowest BCUT2D eigenvalue weighted by Crippen LogP contribution is -2.65. The number of likely N-dealkylation sites (N-methyl/N-ethyl adjacent to an activating group) is 1. The van der Waals surface area contributed by atoms with Crippen molar-refractivity contribution in [2.24, 2.45) is 17.4 Å². The van der Waals surface area contributed by atoms with E-state index in [9.17, 15) is 92.3 Å². The second-order valence-corrected chi connectivity index (χ2v) is 32.1. The lowest BCUT2D eigenvalue weighted by molar-refractivity contribution is -0.334. The molecule has 7 heterocycles. The minimum atomic E-state index is -5.10. The zero-order valence-corrected chi connectivity index (χ0v) is 69.4. The van der Waals surface area contributed by atoms with E-state index in [0.717, 1.165) is 72.8 Å². The molecule has 7 aromatic rings. The molecule has 11 amide bonds. The Morgan fingerprint density at radius 1 is 0.682 bits per heavy atom. The van der Waals surface area contributed by atoms with Gasteiger partial charge in [-0.2, -0.15) is 13.2 Å². The summed E-state index contributed by atoms with van der Waals surface area (Å²) in [5, 5.41) is 129. The van der Waals surface area contributed by atoms with Gasteiger partial charge < -0.3 is 134 Å². The maximum absolute atomic E-state index is 16.3. The second-order valence-electron chi connectivity index (χ2n) is 31.3. The minimum absolute atomic E-state index is 0. The van der Waals surface area contributed by atoms with E-state index in [-0.39, 0.29) is 49.5 Å². The van der Waals surface area contributed by atoms with Gasteiger partial charge in [-0.15, -0.1) is 0 Å². The third kappa shape index (κ3) is 21.7. The summed E-state index contributed by atoms with van der Waals surface area (Å²) in [5.74, 6) is -22.8. The molecule has 11 bridgehead atoms. The number of phenols is 3. The number of ether oxygens (including phenoxy) is 6. The van der Waals surface area contributed by atoms with E-state index in [1.54, 1.807) is 26.2 Å². The Morgan fingerprint density at radius 3 is 1.91 bits per heavy atom. The molecule has 0 saturated carbocycles. The molecule has 18 unspecified atom stereocenters. The number of halogens is 6. The van der Waals surface area contributed by atoms with E-state index < -0.39 is 294 Å². The number of alkyl halides is 3. The maximum Gasteiger partial charge on any atom is 0.419 e. The van der Waals surface area contributed by atoms with E-state index in [4.69, 9.17) is 63.1 Å². The van der Waals surface area contributed by atoms with Gasteiger partial charge in [0.2, 0.25) is 53.4 Å². The number of nitrogens with two attached hydrogens (primary N) is 2. The normalized spacial score (nSPS) is 25.5. The summed E-state index contributed by atoms with van der Waals surface area (Å²) >= 11 is 14.3. The van der Waals surface area contributed by atoms with Crippen molar-refractivity contribution in [1.29, 1.82) is 0 Å². The molecule has 7 aliphatic heterocycles. The first-order valence-electron chi connectivity index (χ1n) is 39.3. The summed E-state index contributed by atoms with van der Waals surface area (Å²) in [6.45, 7) is 5.48. The van der Waals surface area contributed by atoms with Crippen molar-refractivity contribution in [3.05, 3.63) is 182 Å². The number of aromatic hydroxyl groups is 3. The summed E-state index contributed by atoms with van der Waals surface area (Å²) in [6, 6.07) is 5.55. The summed E-state index contributed by atoms with van der Waals surface area (Å²) in [4.78, 5) is 157. The molecule has 18 atom stereocenters. The summed E-state index contributed by atoms with van der Waals surface area (Å²) in [7, 11) is 1.44. The van der Waals surface area contributed by atoms with E-state index in [0.29, 0.717) is 23.8 Å². The number of carbonyl (C=O) groups excluding carboxylic acids is 11. The monoisotopic (exact) mass is 1840 g/mol. The molecule has 45 heteroatoms. The maximum atomic E-state index is 16.3. The fourth-order valence-corrected chi connectivity index (χ4v) is 15.5. The van der Waals surface area contributed by atoms with Gasteiger partial charge in [-0.3, -0.25) is 63.6 Å². The van der Waals surface area contributed by atoms with Crippen molar-refractivity contribution in [2.75, 3.05) is 19.0 Å². The predicted molar refractivity (Wildman–Crippen MR) is 442 cm³/mol. The lowest BCUT2D eigenvalue weighted by Gasteiger charge is -2.48. The smallest absolute Gasteiger partial charge is 0.419 e. The van der Waals surface area contributed by atoms with Crippen LogP contribution in [-0.4, -0.2) is 204 Å². The number of amides is 11. The average Bonchev–Trinajstić information content (AvgIpc) is 0.762. The predicted octanol–water partition coefficient (Wildman–Crippen LogP) is 2.53. The molecule has 39 nitrogen and oxygen atoms in total. The van der Waals surface area contributed by atoms with Gasteiger partial charge >= 0.3 is 18.0 Å². The number of aliphatic hydroxyl groups is 6. The average molecular weight is 1850 g/mol. The molecular formula is C84H91Cl2F4N13O26. The highest BCUT2D eigenvalue weighted by Gasteiger charge is 2.53. The molecule has 7 aromatic carbocycles. The van der Waals surface area contributed by atoms with E-state index in [1.807, 2.05) is 5.43 Å². The number of phenolic OH excluding ortho intramolecular Hbond substituents is 3. The van der Waals surface area contributed by atoms with Crippen LogP contribution in [0.2, 0.25) is 10.0 Å². The van der Waals surface area contributed by atoms with Crippen molar-refractivity contribution >= 4 is 93.9 Å². The Bertz CT molecular complexity index is 5510. The summed E-state index contributed by atoms with van der Waals surface area (Å²) in [5.41, 5.74) is 8.06. The number of fused-ring (bicyclic) bond motifs is 15. The van der Waals surface area contributed by atoms with Gasteiger partial charge in [-0.05, 0) is 152 Å². The summed E-state index contributed by atoms with van der Waals surface area (Å²) < 4.78 is 94.0. The van der Waals surface area contributed by atoms with Gasteiger partial charge in [0.05, 0.1) is 46.9 Å². The Morgan fingerprint density at radius 2 is 1.30 bits per heavy atom. The Labute approximate surface area is 740 Å². The van der Waals surface area contributed by atoms with Crippen molar-refractivity contribution in [1.82, 2.24) is 53.4 Å². The first kappa shape index (κ1) is 97.0. The number of hydrogen-bond acceptors (Lipinski definition) is 28. The standard InChI is InChI=1S/C83H87Cl2F4N13O26.CH4/c1-31(2)18-47(92-5)73(115)99-62-64(108)35-10-16-51(44(84)21-35)124-53-23-38-24-54(68(53)128-81-69(67(111)66(110)55(30-103)126-81)127-57-28-82(4,70(112)32(3)123-57)93-29-33-6-12-39(13-7-33)94-72(114)37-8-14-46(86)43(20-37)83(87,88)89)125-52-17-11-36(22-45(52)85)65(109)63-78(120)98-61(79(121)101-102-80(122)71(91)113)42-25-40(104)26-50(106)58(42)41-19-34(9-15-49(41)105)59(75(117)100-63)97-76(118)60(38)96-74(116)48(27-56(90)107)95-77(62)119;/h6-17,19-26,31-32,47-48,55,57,59-67,69-70,81,92-93,103-106,108-112H,18,27-30H2,1-5H3,(H2,90,107)(H2,91,113)(H,94,114)(H,95,119)(H,96,116)(H,97,118)(H,98,120)(H,99,115)(H,100,117)(H,101,121)(H,102,122);1H4. The number of anilines is 1. The molecule has 0 spiro atoms. The van der Waals surface area contributed by atoms with Crippen molar-refractivity contribution < 1.29 is 145 Å². The number of hydrogen-bond donors (Lipinski definition) is 22. The van der Waals surface area contributed by atoms with Crippen LogP contribution in [0.25, 0.3) is 11.1 Å². The van der Waals surface area contributed by atoms with Gasteiger partial charge in [-0.1, -0.05) is 74.8 Å². The van der Waals surface area contributed by atoms with Crippen LogP contribution in [0.1, 0.15) is 134 Å². The highest BCUT2D eigenvalue weighted by molar-refractivity contribution is 6.34. The molecule has 2 saturated heterocycles. The molecule has 0 radical (unpaired) electrons. The molecule has 0 aromatic heterocycles. The minimum Gasteiger partial charge on any atom is -0.508 e. The third-order valence-electron chi connectivity index (χ3n) is 21.7. The molecule has 0 aliphatic carbocycles. The van der Waals surface area contributed by atoms with Gasteiger partial charge in [0.1, 0.15) is 101 Å². The number of hydrazine groups is 1. The van der Waals surface area contributed by atoms with Crippen LogP contribution in [0, 0.1) is 11.7 Å². The van der Waals surface area contributed by atoms with E-state index >= 15 is 24.0 Å². The molecule has 129 heavy (non-hydrogen) atoms. The Balaban J connectivity index is 0.0000161. The van der Waals surface area contributed by atoms with Crippen LogP contribution in [0.5, 0.6) is 46.0 Å². The van der Waals surface area contributed by atoms with Crippen LogP contribution in [0.3, 0.4) is 0 Å². The van der Waals surface area contributed by atoms with Gasteiger partial charge in [0, 0.05) is 46.9 Å². The zero-order valence-electron chi connectivity index (χ0n) is 67.9. The molecular weight excluding hydrogens is 1750 g/mol. The van der Waals surface area contributed by atoms with Crippen molar-refractivity contribution in [3.63, 3.8) is 0 Å². The quantitative estimate of drug-likeness (QED) is 0.0333. The van der Waals surface area contributed by atoms with Crippen molar-refractivity contribution in [2.45, 2.75) is 176 Å². The Hall–Kier alpha value is -12.6. The molecule has 7 aliphatic rings. The van der Waals surface area contributed by atoms with Crippen molar-refractivity contribution in [3.8, 4) is 57.1 Å². The molecule has 24 N–H and O–H groups in total. The third-order valence-corrected chi connectivity index (χ3v) is 22.3. The fourth-order valence-electron chi connectivity index (χ4n) is 15.0. The van der Waals surface area contributed by atoms with Crippen LogP contribution in [-0.2, 0) is 74.9 Å². The number of aliphatic hydroxyl groups excluding tert-OH is 6. The van der Waals surface area contributed by atoms with Gasteiger partial charge in [0.25, 0.3) is 11.8 Å². The number of benzene rings is 7. The SMILES string of the molecule is C.CNC(CC(C)C)C(=O)NC1C(=O)NC(CC(N)=O)C(=O)NC2C(=O)NC3C(=O)NC(C(=O)NC(C(=O)NNC(=O)C(N)=O)c4cc(O)cc(O)c4-c4cc3ccc4O)C(O)c3ccc(c(Cl)c3)Oc3cc2cc(c3OC2OC(CO)C(O)C(O)C2OC2CC(C)(NCc3ccc(NC(=O)c4ccc(F)c(C(F)(F)F)c4)cc3)C(O)C(C)O2)Oc2ccc(cc2Cl)C1O. The molecule has 2 fully saturated rings. The molecule has 690 valence electrons. The first-order valence-corrected chi connectivity index (χ1v) is 40.0. The summed E-state index contributed by atoms with van der Waals surface area (Å²) in [6.07, 6.45) is -25.3. The van der Waals surface area contributed by atoms with E-state index in [2.05, 4.69) is 47.9 Å². The number of nitrogens with one attached hydrogen (secondary N) is 11. The highest BCUT2D eigenvalue weighted by Crippen LogP contribution is 2.50. The number of primary amides is 2. The van der Waals surface area contributed by atoms with Crippen LogP contribution in [0.15, 0.2) is 121 Å². The largest absolute Gasteiger partial charge is 0.508 e. The van der Waals surface area contributed by atoms with E-state index in [1.165, 1.54) is 44.3 Å². The lowest BCUT2D eigenvalue weighted by atomic mass is 9.84. The first-order chi connectivity index (χ1) is 60.4. The number of rotatable bonds is 18. The zero-order chi connectivity index (χ0) is 93.1. The Kier molecular flexibility index (Phi) is 30.0. The van der Waals surface area contributed by atoms with Gasteiger partial charge in [-0.25, -0.2) is 4.39 Å². The van der Waals surface area contributed by atoms with Gasteiger partial charge in [0.15, 0.2) is 23.9 Å². The van der Waals surface area contributed by atoms with Crippen LogP contribution in [0.4, 0.5) is 23.2 Å². The van der Waals surface area contributed by atoms with Crippen LogP contribution >= 0.6 is 23.2 Å². The molecule has 14 rings (SSSR count). The second kappa shape index (κ2) is 39.9. The topological polar surface area (TPSA) is 610 Å².